The van der Waals surface area contributed by atoms with E-state index in [0.717, 1.165) is 30.6 Å². The van der Waals surface area contributed by atoms with Crippen LogP contribution in [-0.4, -0.2) is 35.9 Å². The van der Waals surface area contributed by atoms with Crippen LogP contribution in [0.3, 0.4) is 0 Å². The maximum atomic E-state index is 12.0. The van der Waals surface area contributed by atoms with Crippen LogP contribution in [0.1, 0.15) is 32.1 Å². The second kappa shape index (κ2) is 5.47. The van der Waals surface area contributed by atoms with Gasteiger partial charge in [0.25, 0.3) is 10.0 Å². The number of anilines is 1. The molecule has 0 saturated heterocycles. The third-order valence-corrected chi connectivity index (χ3v) is 5.55. The molecule has 102 valence electrons. The number of hydrogen-bond donors (Lipinski definition) is 3. The molecule has 9 heteroatoms. The van der Waals surface area contributed by atoms with Crippen molar-refractivity contribution in [3.8, 4) is 0 Å². The quantitative estimate of drug-likeness (QED) is 0.680. The van der Waals surface area contributed by atoms with Gasteiger partial charge in [0.05, 0.1) is 6.10 Å². The Hall–Kier alpha value is -0.770. The number of hydrogen-bond acceptors (Lipinski definition) is 7. The van der Waals surface area contributed by atoms with Crippen LogP contribution in [0, 0.1) is 0 Å². The summed E-state index contributed by atoms with van der Waals surface area (Å²) >= 11 is 0.813. The highest BCUT2D eigenvalue weighted by Crippen LogP contribution is 2.22. The van der Waals surface area contributed by atoms with E-state index in [2.05, 4.69) is 14.9 Å². The lowest BCUT2D eigenvalue weighted by atomic mass is 10.1. The number of aliphatic hydroxyl groups excluding tert-OH is 1. The summed E-state index contributed by atoms with van der Waals surface area (Å²) in [5.74, 6) is 0. The third-order valence-electron chi connectivity index (χ3n) is 2.94. The van der Waals surface area contributed by atoms with Gasteiger partial charge in [-0.15, -0.1) is 10.2 Å². The van der Waals surface area contributed by atoms with Crippen molar-refractivity contribution in [3.63, 3.8) is 0 Å². The molecule has 18 heavy (non-hydrogen) atoms. The van der Waals surface area contributed by atoms with E-state index in [1.54, 1.807) is 0 Å². The highest BCUT2D eigenvalue weighted by molar-refractivity contribution is 7.91. The predicted octanol–water partition coefficient (Wildman–Crippen LogP) is 0.0922. The summed E-state index contributed by atoms with van der Waals surface area (Å²) < 4.78 is 26.3. The molecule has 4 N–H and O–H groups in total. The number of rotatable bonds is 3. The third kappa shape index (κ3) is 3.16. The average Bonchev–Trinajstić information content (AvgIpc) is 2.65. The topological polar surface area (TPSA) is 118 Å². The van der Waals surface area contributed by atoms with Gasteiger partial charge in [0.1, 0.15) is 0 Å². The number of nitrogens with one attached hydrogen (secondary N) is 1. The van der Waals surface area contributed by atoms with Gasteiger partial charge in [0.15, 0.2) is 0 Å². The van der Waals surface area contributed by atoms with Gasteiger partial charge in [-0.25, -0.2) is 13.1 Å². The average molecular weight is 292 g/mol. The van der Waals surface area contributed by atoms with Gasteiger partial charge in [0, 0.05) is 6.04 Å². The summed E-state index contributed by atoms with van der Waals surface area (Å²) in [5.41, 5.74) is 5.36. The van der Waals surface area contributed by atoms with Crippen molar-refractivity contribution in [1.29, 1.82) is 0 Å². The Morgan fingerprint density at radius 3 is 2.67 bits per heavy atom. The van der Waals surface area contributed by atoms with Crippen molar-refractivity contribution in [2.75, 3.05) is 5.73 Å². The fourth-order valence-corrected chi connectivity index (χ4v) is 4.11. The second-order valence-electron chi connectivity index (χ2n) is 4.34. The first-order valence-corrected chi connectivity index (χ1v) is 8.08. The Morgan fingerprint density at radius 1 is 1.28 bits per heavy atom. The van der Waals surface area contributed by atoms with Crippen LogP contribution in [0.15, 0.2) is 4.34 Å². The molecule has 1 aromatic heterocycles. The van der Waals surface area contributed by atoms with Crippen LogP contribution in [-0.2, 0) is 10.0 Å². The van der Waals surface area contributed by atoms with E-state index >= 15 is 0 Å². The number of sulfonamides is 1. The predicted molar refractivity (Wildman–Crippen MR) is 67.5 cm³/mol. The smallest absolute Gasteiger partial charge is 0.270 e. The summed E-state index contributed by atoms with van der Waals surface area (Å²) in [7, 11) is -3.73. The van der Waals surface area contributed by atoms with Crippen LogP contribution in [0.4, 0.5) is 5.13 Å². The molecule has 2 atom stereocenters. The lowest BCUT2D eigenvalue weighted by Crippen LogP contribution is -2.42. The van der Waals surface area contributed by atoms with Gasteiger partial charge in [-0.1, -0.05) is 30.6 Å². The van der Waals surface area contributed by atoms with Gasteiger partial charge in [-0.3, -0.25) is 0 Å². The highest BCUT2D eigenvalue weighted by Gasteiger charge is 2.29. The zero-order chi connectivity index (χ0) is 13.2. The molecular formula is C9H16N4O3S2. The van der Waals surface area contributed by atoms with Crippen molar-refractivity contribution < 1.29 is 13.5 Å². The lowest BCUT2D eigenvalue weighted by Gasteiger charge is -2.20. The lowest BCUT2D eigenvalue weighted by molar-refractivity contribution is 0.130. The zero-order valence-corrected chi connectivity index (χ0v) is 11.4. The van der Waals surface area contributed by atoms with E-state index in [1.807, 2.05) is 0 Å². The van der Waals surface area contributed by atoms with Gasteiger partial charge >= 0.3 is 0 Å². The fourth-order valence-electron chi connectivity index (χ4n) is 2.00. The minimum Gasteiger partial charge on any atom is -0.391 e. The molecule has 1 aliphatic carbocycles. The molecule has 2 rings (SSSR count). The van der Waals surface area contributed by atoms with E-state index in [4.69, 9.17) is 5.73 Å². The van der Waals surface area contributed by atoms with Crippen LogP contribution in [0.2, 0.25) is 0 Å². The minimum absolute atomic E-state index is 0.108. The van der Waals surface area contributed by atoms with E-state index < -0.39 is 22.2 Å². The summed E-state index contributed by atoms with van der Waals surface area (Å²) in [6, 6.07) is -0.456. The van der Waals surface area contributed by atoms with Gasteiger partial charge < -0.3 is 10.8 Å². The van der Waals surface area contributed by atoms with Crippen LogP contribution < -0.4 is 10.5 Å². The molecule has 0 radical (unpaired) electrons. The molecule has 7 nitrogen and oxygen atoms in total. The number of nitrogens with two attached hydrogens (primary N) is 1. The van der Waals surface area contributed by atoms with Crippen LogP contribution in [0.5, 0.6) is 0 Å². The van der Waals surface area contributed by atoms with Crippen LogP contribution >= 0.6 is 11.3 Å². The molecule has 1 saturated carbocycles. The summed E-state index contributed by atoms with van der Waals surface area (Å²) in [6.45, 7) is 0. The van der Waals surface area contributed by atoms with E-state index in [1.165, 1.54) is 0 Å². The highest BCUT2D eigenvalue weighted by atomic mass is 32.2. The van der Waals surface area contributed by atoms with E-state index in [9.17, 15) is 13.5 Å². The normalized spacial score (nSPS) is 25.8. The summed E-state index contributed by atoms with van der Waals surface area (Å²) in [6.07, 6.45) is 3.45. The zero-order valence-electron chi connectivity index (χ0n) is 9.74. The first kappa shape index (κ1) is 13.7. The molecule has 0 amide bonds. The summed E-state index contributed by atoms with van der Waals surface area (Å²) in [5, 5.41) is 17.0. The summed E-state index contributed by atoms with van der Waals surface area (Å²) in [4.78, 5) is 0. The van der Waals surface area contributed by atoms with Crippen molar-refractivity contribution >= 4 is 26.5 Å². The number of nitrogen functional groups attached to an aromatic ring is 1. The molecule has 1 heterocycles. The number of aliphatic hydroxyl groups is 1. The second-order valence-corrected chi connectivity index (χ2v) is 7.24. The molecular weight excluding hydrogens is 276 g/mol. The molecule has 0 bridgehead atoms. The monoisotopic (exact) mass is 292 g/mol. The van der Waals surface area contributed by atoms with E-state index in [0.29, 0.717) is 12.8 Å². The molecule has 1 fully saturated rings. The Balaban J connectivity index is 2.11. The molecule has 0 aromatic carbocycles. The number of aromatic nitrogens is 2. The maximum absolute atomic E-state index is 12.0. The fraction of sp³-hybridized carbons (Fsp3) is 0.778. The van der Waals surface area contributed by atoms with E-state index in [-0.39, 0.29) is 9.47 Å². The van der Waals surface area contributed by atoms with Crippen molar-refractivity contribution in [1.82, 2.24) is 14.9 Å². The standard InChI is InChI=1S/C9H16N4O3S2/c10-8-11-12-9(17-8)18(15,16)13-6-4-2-1-3-5-7(6)14/h6-7,13-14H,1-5H2,(H2,10,11). The van der Waals surface area contributed by atoms with Gasteiger partial charge in [-0.2, -0.15) is 0 Å². The van der Waals surface area contributed by atoms with Crippen LogP contribution in [0.25, 0.3) is 0 Å². The van der Waals surface area contributed by atoms with Crippen molar-refractivity contribution in [2.45, 2.75) is 48.6 Å². The van der Waals surface area contributed by atoms with Gasteiger partial charge in [0.2, 0.25) is 9.47 Å². The van der Waals surface area contributed by atoms with Crippen molar-refractivity contribution in [2.24, 2.45) is 0 Å². The Bertz CT molecular complexity index is 502. The number of nitrogens with zero attached hydrogens (tertiary/aromatic N) is 2. The first-order valence-electron chi connectivity index (χ1n) is 5.78. The van der Waals surface area contributed by atoms with Gasteiger partial charge in [-0.05, 0) is 12.8 Å². The maximum Gasteiger partial charge on any atom is 0.270 e. The SMILES string of the molecule is Nc1nnc(S(=O)(=O)NC2CCCCCC2O)s1. The molecule has 1 aromatic rings. The molecule has 1 aliphatic rings. The first-order chi connectivity index (χ1) is 8.49. The Labute approximate surface area is 109 Å². The Kier molecular flexibility index (Phi) is 4.15. The largest absolute Gasteiger partial charge is 0.391 e. The molecule has 2 unspecified atom stereocenters. The minimum atomic E-state index is -3.73. The Morgan fingerprint density at radius 2 is 2.00 bits per heavy atom. The van der Waals surface area contributed by atoms with Crippen molar-refractivity contribution in [3.05, 3.63) is 0 Å². The molecule has 0 spiro atoms. The molecule has 0 aliphatic heterocycles.